The van der Waals surface area contributed by atoms with Gasteiger partial charge in [0.15, 0.2) is 0 Å². The van der Waals surface area contributed by atoms with Crippen LogP contribution in [0.1, 0.15) is 46.5 Å². The van der Waals surface area contributed by atoms with Crippen LogP contribution in [-0.2, 0) is 4.43 Å². The molecule has 0 spiro atoms. The normalized spacial score (nSPS) is 32.4. The van der Waals surface area contributed by atoms with Gasteiger partial charge in [0.25, 0.3) is 8.48 Å². The molecule has 0 aromatic rings. The van der Waals surface area contributed by atoms with Gasteiger partial charge in [-0.1, -0.05) is 26.7 Å². The maximum Gasteiger partial charge on any atom is 0.271 e. The number of rotatable bonds is 6. The summed E-state index contributed by atoms with van der Waals surface area (Å²) in [7, 11) is -1.53. The second kappa shape index (κ2) is 5.88. The Morgan fingerprint density at radius 1 is 1.36 bits per heavy atom. The van der Waals surface area contributed by atoms with Gasteiger partial charge in [-0.15, -0.1) is 0 Å². The lowest BCUT2D eigenvalue weighted by atomic mass is 10.2. The molecule has 0 saturated carbocycles. The maximum atomic E-state index is 6.12. The van der Waals surface area contributed by atoms with E-state index in [9.17, 15) is 0 Å². The SMILES string of the molecule is CCCN[Si]1(OCC)CCCC1CC. The Kier molecular flexibility index (Phi) is 5.13. The average Bonchev–Trinajstić information content (AvgIpc) is 2.59. The molecule has 14 heavy (non-hydrogen) atoms. The van der Waals surface area contributed by atoms with Crippen molar-refractivity contribution in [3.63, 3.8) is 0 Å². The Morgan fingerprint density at radius 2 is 2.14 bits per heavy atom. The van der Waals surface area contributed by atoms with Crippen LogP contribution < -0.4 is 4.98 Å². The average molecular weight is 215 g/mol. The highest BCUT2D eigenvalue weighted by molar-refractivity contribution is 6.73. The van der Waals surface area contributed by atoms with Crippen molar-refractivity contribution in [3.8, 4) is 0 Å². The standard InChI is InChI=1S/C11H25NOSi/c1-4-9-12-14(13-6-3)10-7-8-11(14)5-2/h11-12H,4-10H2,1-3H3. The maximum absolute atomic E-state index is 6.12. The molecule has 1 rings (SSSR count). The third kappa shape index (κ3) is 2.58. The third-order valence-corrected chi connectivity index (χ3v) is 8.09. The van der Waals surface area contributed by atoms with Crippen molar-refractivity contribution >= 4 is 8.48 Å². The van der Waals surface area contributed by atoms with Crippen LogP contribution in [0.25, 0.3) is 0 Å². The fourth-order valence-corrected chi connectivity index (χ4v) is 7.25. The van der Waals surface area contributed by atoms with E-state index in [-0.39, 0.29) is 0 Å². The van der Waals surface area contributed by atoms with Crippen LogP contribution in [0.15, 0.2) is 0 Å². The first-order valence-corrected chi connectivity index (χ1v) is 8.37. The predicted octanol–water partition coefficient (Wildman–Crippen LogP) is 3.04. The topological polar surface area (TPSA) is 21.3 Å². The van der Waals surface area contributed by atoms with Gasteiger partial charge in [-0.2, -0.15) is 0 Å². The van der Waals surface area contributed by atoms with Crippen LogP contribution >= 0.6 is 0 Å². The van der Waals surface area contributed by atoms with E-state index in [1.54, 1.807) is 0 Å². The van der Waals surface area contributed by atoms with Crippen molar-refractivity contribution in [1.82, 2.24) is 4.98 Å². The Balaban J connectivity index is 2.58. The molecular formula is C11H25NOSi. The van der Waals surface area contributed by atoms with Crippen molar-refractivity contribution in [2.45, 2.75) is 58.0 Å². The summed E-state index contributed by atoms with van der Waals surface area (Å²) in [5, 5.41) is 0. The van der Waals surface area contributed by atoms with Crippen molar-refractivity contribution in [3.05, 3.63) is 0 Å². The molecule has 1 aliphatic rings. The molecule has 0 bridgehead atoms. The third-order valence-electron chi connectivity index (χ3n) is 3.33. The van der Waals surface area contributed by atoms with Crippen molar-refractivity contribution in [2.75, 3.05) is 13.2 Å². The number of nitrogens with one attached hydrogen (secondary N) is 1. The minimum Gasteiger partial charge on any atom is -0.403 e. The predicted molar refractivity (Wildman–Crippen MR) is 63.8 cm³/mol. The zero-order valence-electron chi connectivity index (χ0n) is 9.94. The molecule has 3 heteroatoms. The van der Waals surface area contributed by atoms with Gasteiger partial charge >= 0.3 is 0 Å². The molecule has 1 fully saturated rings. The summed E-state index contributed by atoms with van der Waals surface area (Å²) in [4.78, 5) is 3.76. The minimum atomic E-state index is -1.53. The van der Waals surface area contributed by atoms with Gasteiger partial charge in [-0.05, 0) is 37.9 Å². The lowest BCUT2D eigenvalue weighted by Gasteiger charge is -2.32. The van der Waals surface area contributed by atoms with Gasteiger partial charge < -0.3 is 9.41 Å². The van der Waals surface area contributed by atoms with Gasteiger partial charge in [-0.3, -0.25) is 0 Å². The minimum absolute atomic E-state index is 0.856. The fourth-order valence-electron chi connectivity index (χ4n) is 2.65. The quantitative estimate of drug-likeness (QED) is 0.688. The molecule has 2 atom stereocenters. The molecule has 0 aliphatic carbocycles. The molecule has 2 unspecified atom stereocenters. The summed E-state index contributed by atoms with van der Waals surface area (Å²) in [5.74, 6) is 0. The van der Waals surface area contributed by atoms with E-state index in [4.69, 9.17) is 4.43 Å². The summed E-state index contributed by atoms with van der Waals surface area (Å²) >= 11 is 0. The van der Waals surface area contributed by atoms with E-state index < -0.39 is 8.48 Å². The highest BCUT2D eigenvalue weighted by atomic mass is 28.4. The summed E-state index contributed by atoms with van der Waals surface area (Å²) in [6.45, 7) is 8.71. The van der Waals surface area contributed by atoms with Gasteiger partial charge in [-0.25, -0.2) is 0 Å². The summed E-state index contributed by atoms with van der Waals surface area (Å²) in [5.41, 5.74) is 0.856. The molecule has 1 saturated heterocycles. The van der Waals surface area contributed by atoms with Crippen molar-refractivity contribution < 1.29 is 4.43 Å². The molecule has 0 aromatic carbocycles. The molecule has 0 amide bonds. The number of hydrogen-bond acceptors (Lipinski definition) is 2. The summed E-state index contributed by atoms with van der Waals surface area (Å²) in [6, 6.07) is 1.33. The molecular weight excluding hydrogens is 190 g/mol. The van der Waals surface area contributed by atoms with Crippen LogP contribution in [0, 0.1) is 0 Å². The Bertz CT molecular complexity index is 165. The van der Waals surface area contributed by atoms with E-state index in [2.05, 4.69) is 25.8 Å². The molecule has 1 N–H and O–H groups in total. The Morgan fingerprint density at radius 3 is 2.71 bits per heavy atom. The zero-order valence-corrected chi connectivity index (χ0v) is 10.9. The van der Waals surface area contributed by atoms with Gasteiger partial charge in [0.2, 0.25) is 0 Å². The molecule has 1 aliphatic heterocycles. The lowest BCUT2D eigenvalue weighted by molar-refractivity contribution is 0.303. The van der Waals surface area contributed by atoms with Crippen LogP contribution in [0.3, 0.4) is 0 Å². The molecule has 1 heterocycles. The highest BCUT2D eigenvalue weighted by Crippen LogP contribution is 2.40. The van der Waals surface area contributed by atoms with E-state index in [1.165, 1.54) is 31.7 Å². The molecule has 2 nitrogen and oxygen atoms in total. The van der Waals surface area contributed by atoms with Crippen LogP contribution in [0.4, 0.5) is 0 Å². The van der Waals surface area contributed by atoms with E-state index in [0.29, 0.717) is 0 Å². The second-order valence-electron chi connectivity index (χ2n) is 4.25. The molecule has 0 aromatic heterocycles. The Hall–Kier alpha value is 0.137. The van der Waals surface area contributed by atoms with Gasteiger partial charge in [0.1, 0.15) is 0 Å². The first-order chi connectivity index (χ1) is 6.79. The monoisotopic (exact) mass is 215 g/mol. The van der Waals surface area contributed by atoms with Gasteiger partial charge in [0, 0.05) is 6.61 Å². The largest absolute Gasteiger partial charge is 0.403 e. The summed E-state index contributed by atoms with van der Waals surface area (Å²) in [6.07, 6.45) is 5.28. The fraction of sp³-hybridized carbons (Fsp3) is 1.00. The number of hydrogen-bond donors (Lipinski definition) is 1. The van der Waals surface area contributed by atoms with E-state index in [1.807, 2.05) is 0 Å². The van der Waals surface area contributed by atoms with Crippen LogP contribution in [-0.4, -0.2) is 21.6 Å². The molecule has 84 valence electrons. The molecule has 0 radical (unpaired) electrons. The van der Waals surface area contributed by atoms with E-state index >= 15 is 0 Å². The first kappa shape index (κ1) is 12.2. The second-order valence-corrected chi connectivity index (χ2v) is 7.98. The van der Waals surface area contributed by atoms with Crippen LogP contribution in [0.2, 0.25) is 11.6 Å². The zero-order chi connectivity index (χ0) is 10.4. The first-order valence-electron chi connectivity index (χ1n) is 6.18. The summed E-state index contributed by atoms with van der Waals surface area (Å²) < 4.78 is 6.12. The van der Waals surface area contributed by atoms with E-state index in [0.717, 1.165) is 18.7 Å². The lowest BCUT2D eigenvalue weighted by Crippen LogP contribution is -2.54. The van der Waals surface area contributed by atoms with Crippen LogP contribution in [0.5, 0.6) is 0 Å². The van der Waals surface area contributed by atoms with Crippen molar-refractivity contribution in [1.29, 1.82) is 0 Å². The Labute approximate surface area is 89.6 Å². The van der Waals surface area contributed by atoms with Gasteiger partial charge in [0.05, 0.1) is 0 Å². The van der Waals surface area contributed by atoms with Crippen molar-refractivity contribution in [2.24, 2.45) is 0 Å². The highest BCUT2D eigenvalue weighted by Gasteiger charge is 2.45. The smallest absolute Gasteiger partial charge is 0.271 e.